The van der Waals surface area contributed by atoms with Gasteiger partial charge in [-0.05, 0) is 44.2 Å². The van der Waals surface area contributed by atoms with Gasteiger partial charge in [0.05, 0.1) is 0 Å². The summed E-state index contributed by atoms with van der Waals surface area (Å²) in [5.41, 5.74) is 0. The lowest BCUT2D eigenvalue weighted by Crippen LogP contribution is -2.28. The quantitative estimate of drug-likeness (QED) is 0.560. The number of rotatable bonds is 10. The summed E-state index contributed by atoms with van der Waals surface area (Å²) in [5.74, 6) is 1.33. The average molecular weight is 217 g/mol. The van der Waals surface area contributed by atoms with Gasteiger partial charge in [-0.2, -0.15) is 11.8 Å². The summed E-state index contributed by atoms with van der Waals surface area (Å²) in [4.78, 5) is 0. The summed E-state index contributed by atoms with van der Waals surface area (Å²) in [6.45, 7) is 5.74. The molecule has 0 unspecified atom stereocenters. The molecule has 86 valence electrons. The molecule has 0 aliphatic carbocycles. The van der Waals surface area contributed by atoms with E-state index >= 15 is 0 Å². The molecule has 0 amide bonds. The molecule has 0 aliphatic heterocycles. The first-order valence-electron chi connectivity index (χ1n) is 6.07. The van der Waals surface area contributed by atoms with Crippen molar-refractivity contribution in [1.29, 1.82) is 0 Å². The van der Waals surface area contributed by atoms with Crippen LogP contribution < -0.4 is 5.32 Å². The molecule has 1 nitrogen and oxygen atoms in total. The van der Waals surface area contributed by atoms with Gasteiger partial charge < -0.3 is 5.32 Å². The summed E-state index contributed by atoms with van der Waals surface area (Å²) in [5, 5.41) is 3.60. The van der Waals surface area contributed by atoms with Crippen LogP contribution in [0.4, 0.5) is 0 Å². The first kappa shape index (κ1) is 14.3. The molecule has 0 heterocycles. The second-order valence-corrected chi connectivity index (χ2v) is 4.86. The maximum absolute atomic E-state index is 3.60. The lowest BCUT2D eigenvalue weighted by Gasteiger charge is -2.14. The maximum atomic E-state index is 3.60. The second-order valence-electron chi connectivity index (χ2n) is 3.87. The van der Waals surface area contributed by atoms with E-state index in [9.17, 15) is 0 Å². The third-order valence-corrected chi connectivity index (χ3v) is 3.39. The Balaban J connectivity index is 3.04. The van der Waals surface area contributed by atoms with Crippen molar-refractivity contribution in [3.8, 4) is 0 Å². The molecule has 0 fully saturated rings. The highest BCUT2D eigenvalue weighted by Crippen LogP contribution is 2.04. The van der Waals surface area contributed by atoms with Crippen molar-refractivity contribution in [2.75, 3.05) is 18.6 Å². The Bertz CT molecular complexity index is 102. The summed E-state index contributed by atoms with van der Waals surface area (Å²) in [6, 6.07) is 0.751. The number of unbranched alkanes of at least 4 members (excludes halogenated alkanes) is 3. The molecule has 0 saturated carbocycles. The standard InChI is InChI=1S/C12H27NS/c1-4-12(5-2)13-10-8-6-7-9-11-14-3/h12-13H,4-11H2,1-3H3. The number of hydrogen-bond donors (Lipinski definition) is 1. The first-order valence-corrected chi connectivity index (χ1v) is 7.46. The van der Waals surface area contributed by atoms with Crippen LogP contribution in [-0.4, -0.2) is 24.6 Å². The van der Waals surface area contributed by atoms with Gasteiger partial charge in [-0.25, -0.2) is 0 Å². The van der Waals surface area contributed by atoms with E-state index in [1.165, 1.54) is 50.8 Å². The Labute approximate surface area is 94.4 Å². The predicted octanol–water partition coefficient (Wildman–Crippen LogP) is 3.69. The molecular weight excluding hydrogens is 190 g/mol. The van der Waals surface area contributed by atoms with Gasteiger partial charge in [0.2, 0.25) is 0 Å². The zero-order chi connectivity index (χ0) is 10.6. The third kappa shape index (κ3) is 8.89. The van der Waals surface area contributed by atoms with Gasteiger partial charge >= 0.3 is 0 Å². The van der Waals surface area contributed by atoms with E-state index < -0.39 is 0 Å². The smallest absolute Gasteiger partial charge is 0.00618 e. The molecule has 0 aromatic rings. The van der Waals surface area contributed by atoms with Crippen molar-refractivity contribution >= 4 is 11.8 Å². The minimum absolute atomic E-state index is 0.751. The van der Waals surface area contributed by atoms with Crippen LogP contribution in [0, 0.1) is 0 Å². The number of nitrogens with one attached hydrogen (secondary N) is 1. The lowest BCUT2D eigenvalue weighted by molar-refractivity contribution is 0.470. The fraction of sp³-hybridized carbons (Fsp3) is 1.00. The van der Waals surface area contributed by atoms with Gasteiger partial charge in [-0.15, -0.1) is 0 Å². The molecule has 0 radical (unpaired) electrons. The van der Waals surface area contributed by atoms with Gasteiger partial charge in [0.1, 0.15) is 0 Å². The lowest BCUT2D eigenvalue weighted by atomic mass is 10.1. The first-order chi connectivity index (χ1) is 6.85. The van der Waals surface area contributed by atoms with Crippen molar-refractivity contribution in [2.24, 2.45) is 0 Å². The second kappa shape index (κ2) is 11.4. The van der Waals surface area contributed by atoms with E-state index in [4.69, 9.17) is 0 Å². The van der Waals surface area contributed by atoms with E-state index in [2.05, 4.69) is 25.4 Å². The number of thioether (sulfide) groups is 1. The van der Waals surface area contributed by atoms with Crippen LogP contribution in [0.25, 0.3) is 0 Å². The van der Waals surface area contributed by atoms with Crippen molar-refractivity contribution in [3.63, 3.8) is 0 Å². The van der Waals surface area contributed by atoms with Crippen LogP contribution in [0.3, 0.4) is 0 Å². The Morgan fingerprint density at radius 2 is 1.64 bits per heavy atom. The Morgan fingerprint density at radius 1 is 1.00 bits per heavy atom. The van der Waals surface area contributed by atoms with Crippen LogP contribution >= 0.6 is 11.8 Å². The topological polar surface area (TPSA) is 12.0 Å². The monoisotopic (exact) mass is 217 g/mol. The molecule has 2 heteroatoms. The van der Waals surface area contributed by atoms with Gasteiger partial charge in [0.15, 0.2) is 0 Å². The highest BCUT2D eigenvalue weighted by atomic mass is 32.2. The molecule has 0 rings (SSSR count). The van der Waals surface area contributed by atoms with E-state index in [0.717, 1.165) is 6.04 Å². The van der Waals surface area contributed by atoms with Gasteiger partial charge in [-0.3, -0.25) is 0 Å². The molecule has 0 atom stereocenters. The number of hydrogen-bond acceptors (Lipinski definition) is 2. The zero-order valence-electron chi connectivity index (χ0n) is 10.1. The van der Waals surface area contributed by atoms with E-state index in [1.54, 1.807) is 0 Å². The predicted molar refractivity (Wildman–Crippen MR) is 69.2 cm³/mol. The van der Waals surface area contributed by atoms with Crippen molar-refractivity contribution in [2.45, 2.75) is 58.4 Å². The Hall–Kier alpha value is 0.310. The molecule has 0 bridgehead atoms. The minimum Gasteiger partial charge on any atom is -0.314 e. The van der Waals surface area contributed by atoms with Crippen LogP contribution in [0.15, 0.2) is 0 Å². The highest BCUT2D eigenvalue weighted by molar-refractivity contribution is 7.98. The maximum Gasteiger partial charge on any atom is 0.00618 e. The summed E-state index contributed by atoms with van der Waals surface area (Å²) < 4.78 is 0. The minimum atomic E-state index is 0.751. The fourth-order valence-electron chi connectivity index (χ4n) is 1.61. The highest BCUT2D eigenvalue weighted by Gasteiger charge is 2.00. The average Bonchev–Trinajstić information content (AvgIpc) is 2.22. The van der Waals surface area contributed by atoms with Crippen molar-refractivity contribution < 1.29 is 0 Å². The fourth-order valence-corrected chi connectivity index (χ4v) is 2.10. The van der Waals surface area contributed by atoms with Crippen LogP contribution in [0.1, 0.15) is 52.4 Å². The molecular formula is C12H27NS. The summed E-state index contributed by atoms with van der Waals surface area (Å²) >= 11 is 1.96. The SMILES string of the molecule is CCC(CC)NCCCCCCSC. The van der Waals surface area contributed by atoms with Crippen molar-refractivity contribution in [3.05, 3.63) is 0 Å². The van der Waals surface area contributed by atoms with Crippen LogP contribution in [-0.2, 0) is 0 Å². The normalized spacial score (nSPS) is 11.1. The summed E-state index contributed by atoms with van der Waals surface area (Å²) in [7, 11) is 0. The Kier molecular flexibility index (Phi) is 11.6. The third-order valence-electron chi connectivity index (χ3n) is 2.69. The van der Waals surface area contributed by atoms with E-state index in [0.29, 0.717) is 0 Å². The van der Waals surface area contributed by atoms with Gasteiger partial charge in [0.25, 0.3) is 0 Å². The molecule has 0 aromatic heterocycles. The molecule has 14 heavy (non-hydrogen) atoms. The Morgan fingerprint density at radius 3 is 2.21 bits per heavy atom. The molecule has 0 aromatic carbocycles. The molecule has 0 spiro atoms. The van der Waals surface area contributed by atoms with E-state index in [-0.39, 0.29) is 0 Å². The largest absolute Gasteiger partial charge is 0.314 e. The molecule has 0 saturated heterocycles. The van der Waals surface area contributed by atoms with Crippen LogP contribution in [0.2, 0.25) is 0 Å². The van der Waals surface area contributed by atoms with Gasteiger partial charge in [0, 0.05) is 6.04 Å². The van der Waals surface area contributed by atoms with Crippen LogP contribution in [0.5, 0.6) is 0 Å². The van der Waals surface area contributed by atoms with Gasteiger partial charge in [-0.1, -0.05) is 26.7 Å². The van der Waals surface area contributed by atoms with E-state index in [1.807, 2.05) is 11.8 Å². The molecule has 1 N–H and O–H groups in total. The zero-order valence-corrected chi connectivity index (χ0v) is 11.0. The van der Waals surface area contributed by atoms with Crippen molar-refractivity contribution in [1.82, 2.24) is 5.32 Å². The molecule has 0 aliphatic rings. The summed E-state index contributed by atoms with van der Waals surface area (Å²) in [6.07, 6.45) is 10.3.